The molecule has 1 aliphatic rings. The summed E-state index contributed by atoms with van der Waals surface area (Å²) >= 11 is 0. The van der Waals surface area contributed by atoms with Crippen molar-refractivity contribution < 1.29 is 9.59 Å². The molecule has 0 aromatic carbocycles. The number of anilines is 1. The van der Waals surface area contributed by atoms with Gasteiger partial charge in [0.15, 0.2) is 0 Å². The van der Waals surface area contributed by atoms with Crippen LogP contribution in [0.15, 0.2) is 10.9 Å². The van der Waals surface area contributed by atoms with Gasteiger partial charge >= 0.3 is 11.8 Å². The van der Waals surface area contributed by atoms with Crippen molar-refractivity contribution in [1.29, 1.82) is 0 Å². The second kappa shape index (κ2) is 7.34. The van der Waals surface area contributed by atoms with Gasteiger partial charge in [0.05, 0.1) is 5.69 Å². The van der Waals surface area contributed by atoms with E-state index in [1.54, 1.807) is 31.7 Å². The number of rotatable bonds is 2. The van der Waals surface area contributed by atoms with Crippen LogP contribution >= 0.6 is 0 Å². The zero-order chi connectivity index (χ0) is 19.7. The molecule has 0 aliphatic carbocycles. The zero-order valence-electron chi connectivity index (χ0n) is 16.0. The van der Waals surface area contributed by atoms with E-state index in [1.165, 1.54) is 4.68 Å². The number of H-pyrrole nitrogens is 1. The smallest absolute Gasteiger partial charge is 0.315 e. The Morgan fingerprint density at radius 2 is 2.04 bits per heavy atom. The van der Waals surface area contributed by atoms with Gasteiger partial charge in [0, 0.05) is 30.4 Å². The molecule has 0 spiro atoms. The predicted molar refractivity (Wildman–Crippen MR) is 99.8 cm³/mol. The van der Waals surface area contributed by atoms with E-state index in [0.717, 1.165) is 12.8 Å². The molecular formula is C18H24N6O3. The van der Waals surface area contributed by atoms with Gasteiger partial charge < -0.3 is 10.2 Å². The molecule has 0 saturated carbocycles. The largest absolute Gasteiger partial charge is 0.334 e. The van der Waals surface area contributed by atoms with Crippen LogP contribution in [-0.2, 0) is 9.59 Å². The van der Waals surface area contributed by atoms with E-state index in [9.17, 15) is 14.4 Å². The third kappa shape index (κ3) is 3.91. The number of carbonyl (C=O) groups is 2. The molecule has 27 heavy (non-hydrogen) atoms. The molecule has 1 saturated heterocycles. The van der Waals surface area contributed by atoms with Crippen molar-refractivity contribution in [1.82, 2.24) is 24.6 Å². The first kappa shape index (κ1) is 18.8. The number of nitrogens with zero attached hydrogens (tertiary/aromatic N) is 4. The van der Waals surface area contributed by atoms with E-state index in [-0.39, 0.29) is 17.3 Å². The van der Waals surface area contributed by atoms with Crippen molar-refractivity contribution in [3.63, 3.8) is 0 Å². The highest BCUT2D eigenvalue weighted by Crippen LogP contribution is 2.17. The van der Waals surface area contributed by atoms with Crippen molar-refractivity contribution >= 4 is 17.6 Å². The van der Waals surface area contributed by atoms with E-state index in [4.69, 9.17) is 0 Å². The number of amides is 2. The lowest BCUT2D eigenvalue weighted by molar-refractivity contribution is -0.144. The van der Waals surface area contributed by atoms with E-state index >= 15 is 0 Å². The molecule has 0 radical (unpaired) electrons. The Bertz CT molecular complexity index is 945. The summed E-state index contributed by atoms with van der Waals surface area (Å²) in [4.78, 5) is 45.5. The number of hydrogen-bond acceptors (Lipinski definition) is 5. The van der Waals surface area contributed by atoms with Crippen LogP contribution in [0.4, 0.5) is 5.82 Å². The van der Waals surface area contributed by atoms with E-state index in [0.29, 0.717) is 36.0 Å². The predicted octanol–water partition coefficient (Wildman–Crippen LogP) is 1.08. The van der Waals surface area contributed by atoms with Gasteiger partial charge in [-0.05, 0) is 39.5 Å². The molecule has 0 bridgehead atoms. The molecule has 9 heteroatoms. The summed E-state index contributed by atoms with van der Waals surface area (Å²) < 4.78 is 1.33. The molecule has 0 unspecified atom stereocenters. The molecule has 2 aromatic heterocycles. The fourth-order valence-electron chi connectivity index (χ4n) is 3.17. The van der Waals surface area contributed by atoms with Crippen LogP contribution < -0.4 is 10.9 Å². The number of aryl methyl sites for hydroxylation is 2. The molecule has 9 nitrogen and oxygen atoms in total. The highest BCUT2D eigenvalue weighted by molar-refractivity contribution is 6.39. The van der Waals surface area contributed by atoms with Gasteiger partial charge in [-0.3, -0.25) is 19.4 Å². The van der Waals surface area contributed by atoms with Crippen LogP contribution in [0.5, 0.6) is 0 Å². The summed E-state index contributed by atoms with van der Waals surface area (Å²) in [5.41, 5.74) is 1.42. The molecule has 3 heterocycles. The van der Waals surface area contributed by atoms with Crippen LogP contribution in [-0.4, -0.2) is 49.6 Å². The Morgan fingerprint density at radius 1 is 1.30 bits per heavy atom. The third-order valence-corrected chi connectivity index (χ3v) is 4.79. The summed E-state index contributed by atoms with van der Waals surface area (Å²) in [7, 11) is 0. The average molecular weight is 372 g/mol. The van der Waals surface area contributed by atoms with Crippen LogP contribution in [0, 0.1) is 26.7 Å². The highest BCUT2D eigenvalue weighted by Gasteiger charge is 2.27. The molecule has 2 aromatic rings. The zero-order valence-corrected chi connectivity index (χ0v) is 16.0. The summed E-state index contributed by atoms with van der Waals surface area (Å²) in [6.45, 7) is 8.39. The number of piperidine rings is 1. The molecule has 144 valence electrons. The second-order valence-corrected chi connectivity index (χ2v) is 7.14. The molecular weight excluding hydrogens is 348 g/mol. The van der Waals surface area contributed by atoms with E-state index in [1.807, 2.05) is 0 Å². The molecule has 1 atom stereocenters. The number of aromatic nitrogens is 4. The lowest BCUT2D eigenvalue weighted by Crippen LogP contribution is -2.44. The summed E-state index contributed by atoms with van der Waals surface area (Å²) in [5.74, 6) is -0.439. The number of likely N-dealkylation sites (tertiary alicyclic amines) is 1. The topological polar surface area (TPSA) is 113 Å². The standard InChI is InChI=1S/C18H24N6O3/c1-10-6-5-7-23(9-10)17(27)16(26)20-14-8-11(2)22-24(14)18-19-13(4)12(3)15(25)21-18/h8,10H,5-7,9H2,1-4H3,(H,20,26)(H,19,21,25)/t10-/m1/s1. The van der Waals surface area contributed by atoms with Gasteiger partial charge in [-0.15, -0.1) is 0 Å². The fourth-order valence-corrected chi connectivity index (χ4v) is 3.17. The minimum atomic E-state index is -0.726. The number of hydrogen-bond donors (Lipinski definition) is 2. The Labute approximate surface area is 156 Å². The molecule has 2 amide bonds. The fraction of sp³-hybridized carbons (Fsp3) is 0.500. The molecule has 1 aliphatic heterocycles. The van der Waals surface area contributed by atoms with Crippen molar-refractivity contribution in [2.24, 2.45) is 5.92 Å². The minimum Gasteiger partial charge on any atom is -0.334 e. The quantitative estimate of drug-likeness (QED) is 0.766. The number of nitrogens with one attached hydrogen (secondary N) is 2. The third-order valence-electron chi connectivity index (χ3n) is 4.79. The average Bonchev–Trinajstić information content (AvgIpc) is 2.98. The minimum absolute atomic E-state index is 0.186. The first-order valence-corrected chi connectivity index (χ1v) is 9.01. The maximum Gasteiger partial charge on any atom is 0.315 e. The highest BCUT2D eigenvalue weighted by atomic mass is 16.2. The second-order valence-electron chi connectivity index (χ2n) is 7.14. The molecule has 1 fully saturated rings. The summed E-state index contributed by atoms with van der Waals surface area (Å²) in [5, 5.41) is 6.88. The monoisotopic (exact) mass is 372 g/mol. The molecule has 3 rings (SSSR count). The molecule has 2 N–H and O–H groups in total. The number of aromatic amines is 1. The van der Waals surface area contributed by atoms with Gasteiger partial charge in [0.2, 0.25) is 5.95 Å². The summed E-state index contributed by atoms with van der Waals surface area (Å²) in [6, 6.07) is 1.62. The Morgan fingerprint density at radius 3 is 2.70 bits per heavy atom. The van der Waals surface area contributed by atoms with Gasteiger partial charge in [-0.1, -0.05) is 6.92 Å². The van der Waals surface area contributed by atoms with Crippen LogP contribution in [0.2, 0.25) is 0 Å². The van der Waals surface area contributed by atoms with Crippen molar-refractivity contribution in [3.05, 3.63) is 33.4 Å². The lowest BCUT2D eigenvalue weighted by atomic mass is 10.0. The van der Waals surface area contributed by atoms with Gasteiger partial charge in [-0.25, -0.2) is 4.98 Å². The summed E-state index contributed by atoms with van der Waals surface area (Å²) in [6.07, 6.45) is 1.95. The van der Waals surface area contributed by atoms with Gasteiger partial charge in [0.25, 0.3) is 5.56 Å². The Kier molecular flexibility index (Phi) is 5.11. The Hall–Kier alpha value is -2.97. The van der Waals surface area contributed by atoms with Crippen LogP contribution in [0.25, 0.3) is 5.95 Å². The SMILES string of the molecule is Cc1cc(NC(=O)C(=O)N2CCC[C@@H](C)C2)n(-c2nc(C)c(C)c(=O)[nH]2)n1. The first-order chi connectivity index (χ1) is 12.8. The maximum absolute atomic E-state index is 12.5. The van der Waals surface area contributed by atoms with Crippen LogP contribution in [0.3, 0.4) is 0 Å². The van der Waals surface area contributed by atoms with Crippen molar-refractivity contribution in [3.8, 4) is 5.95 Å². The lowest BCUT2D eigenvalue weighted by Gasteiger charge is -2.30. The van der Waals surface area contributed by atoms with E-state index in [2.05, 4.69) is 27.3 Å². The van der Waals surface area contributed by atoms with E-state index < -0.39 is 11.8 Å². The van der Waals surface area contributed by atoms with Gasteiger partial charge in [0.1, 0.15) is 5.82 Å². The number of carbonyl (C=O) groups excluding carboxylic acids is 2. The van der Waals surface area contributed by atoms with Crippen LogP contribution in [0.1, 0.15) is 36.7 Å². The first-order valence-electron chi connectivity index (χ1n) is 9.01. The van der Waals surface area contributed by atoms with Crippen molar-refractivity contribution in [2.45, 2.75) is 40.5 Å². The normalized spacial score (nSPS) is 17.0. The van der Waals surface area contributed by atoms with Crippen molar-refractivity contribution in [2.75, 3.05) is 18.4 Å². The van der Waals surface area contributed by atoms with Gasteiger partial charge in [-0.2, -0.15) is 9.78 Å². The Balaban J connectivity index is 1.85. The maximum atomic E-state index is 12.5.